The highest BCUT2D eigenvalue weighted by Gasteiger charge is 2.28. The summed E-state index contributed by atoms with van der Waals surface area (Å²) < 4.78 is 25.4. The Morgan fingerprint density at radius 2 is 1.73 bits per heavy atom. The van der Waals surface area contributed by atoms with Gasteiger partial charge in [0.1, 0.15) is 5.82 Å². The molecule has 0 radical (unpaired) electrons. The molecule has 3 aromatic carbocycles. The summed E-state index contributed by atoms with van der Waals surface area (Å²) in [6, 6.07) is 21.6. The molecule has 2 aliphatic heterocycles. The van der Waals surface area contributed by atoms with Gasteiger partial charge in [0, 0.05) is 24.2 Å². The smallest absolute Gasteiger partial charge is 0.317 e. The fraction of sp³-hybridized carbons (Fsp3) is 0.185. The average molecular weight is 499 g/mol. The Morgan fingerprint density at radius 3 is 2.57 bits per heavy atom. The first-order valence-corrected chi connectivity index (χ1v) is 11.9. The summed E-state index contributed by atoms with van der Waals surface area (Å²) in [5.41, 5.74) is 4.22. The van der Waals surface area contributed by atoms with E-state index in [1.807, 2.05) is 59.5 Å². The molecule has 0 saturated carbocycles. The lowest BCUT2D eigenvalue weighted by Crippen LogP contribution is -2.36. The van der Waals surface area contributed by atoms with Gasteiger partial charge in [0.05, 0.1) is 35.9 Å². The maximum atomic E-state index is 14.1. The van der Waals surface area contributed by atoms with Gasteiger partial charge in [0.25, 0.3) is 11.8 Å². The van der Waals surface area contributed by atoms with E-state index in [2.05, 4.69) is 20.8 Å². The predicted octanol–water partition coefficient (Wildman–Crippen LogP) is 3.94. The SMILES string of the molecule is O=C1Nc2ccccc2C(c2ccccc2)=NC1Nc1nnc(-c2ccc(F)cc2N2CCOCC2)o1. The van der Waals surface area contributed by atoms with Gasteiger partial charge < -0.3 is 24.7 Å². The molecule has 0 bridgehead atoms. The van der Waals surface area contributed by atoms with Crippen LogP contribution in [0.25, 0.3) is 11.5 Å². The number of carbonyl (C=O) groups is 1. The number of anilines is 3. The van der Waals surface area contributed by atoms with Gasteiger partial charge in [-0.2, -0.15) is 0 Å². The van der Waals surface area contributed by atoms with Crippen molar-refractivity contribution in [2.75, 3.05) is 41.8 Å². The molecule has 3 heterocycles. The normalized spacial score (nSPS) is 17.4. The Hall–Kier alpha value is -4.57. The number of carbonyl (C=O) groups excluding carboxylic acids is 1. The Bertz CT molecular complexity index is 1470. The number of hydrogen-bond acceptors (Lipinski definition) is 8. The molecule has 186 valence electrons. The lowest BCUT2D eigenvalue weighted by molar-refractivity contribution is -0.116. The van der Waals surface area contributed by atoms with Gasteiger partial charge in [-0.25, -0.2) is 9.38 Å². The first-order valence-electron chi connectivity index (χ1n) is 11.9. The zero-order valence-electron chi connectivity index (χ0n) is 19.7. The molecular formula is C27H23FN6O3. The Morgan fingerprint density at radius 1 is 0.946 bits per heavy atom. The summed E-state index contributed by atoms with van der Waals surface area (Å²) in [6.45, 7) is 2.34. The highest BCUT2D eigenvalue weighted by Crippen LogP contribution is 2.32. The molecule has 1 aromatic heterocycles. The quantitative estimate of drug-likeness (QED) is 0.429. The van der Waals surface area contributed by atoms with Crippen LogP contribution in [-0.2, 0) is 9.53 Å². The Labute approximate surface area is 212 Å². The zero-order valence-corrected chi connectivity index (χ0v) is 19.7. The molecule has 2 aliphatic rings. The van der Waals surface area contributed by atoms with E-state index in [9.17, 15) is 9.18 Å². The third-order valence-corrected chi connectivity index (χ3v) is 6.22. The third kappa shape index (κ3) is 4.66. The van der Waals surface area contributed by atoms with Crippen LogP contribution in [0.15, 0.2) is 82.2 Å². The van der Waals surface area contributed by atoms with Crippen LogP contribution in [0.3, 0.4) is 0 Å². The van der Waals surface area contributed by atoms with Crippen molar-refractivity contribution >= 4 is 29.0 Å². The Kier molecular flexibility index (Phi) is 6.07. The van der Waals surface area contributed by atoms with Crippen LogP contribution in [0.4, 0.5) is 21.8 Å². The van der Waals surface area contributed by atoms with E-state index in [-0.39, 0.29) is 23.6 Å². The van der Waals surface area contributed by atoms with Gasteiger partial charge >= 0.3 is 6.01 Å². The number of benzene rings is 3. The summed E-state index contributed by atoms with van der Waals surface area (Å²) in [5.74, 6) is -0.525. The molecular weight excluding hydrogens is 475 g/mol. The number of fused-ring (bicyclic) bond motifs is 1. The van der Waals surface area contributed by atoms with Crippen molar-refractivity contribution in [2.45, 2.75) is 6.17 Å². The van der Waals surface area contributed by atoms with Crippen LogP contribution >= 0.6 is 0 Å². The minimum absolute atomic E-state index is 0.0227. The first kappa shape index (κ1) is 22.9. The molecule has 2 N–H and O–H groups in total. The van der Waals surface area contributed by atoms with Crippen molar-refractivity contribution < 1.29 is 18.3 Å². The molecule has 10 heteroatoms. The summed E-state index contributed by atoms with van der Waals surface area (Å²) in [6.07, 6.45) is -1.03. The monoisotopic (exact) mass is 498 g/mol. The minimum Gasteiger partial charge on any atom is -0.403 e. The van der Waals surface area contributed by atoms with Crippen LogP contribution in [0.5, 0.6) is 0 Å². The summed E-state index contributed by atoms with van der Waals surface area (Å²) in [4.78, 5) is 19.9. The lowest BCUT2D eigenvalue weighted by atomic mass is 10.0. The highest BCUT2D eigenvalue weighted by atomic mass is 19.1. The maximum Gasteiger partial charge on any atom is 0.317 e. The van der Waals surface area contributed by atoms with Crippen LogP contribution < -0.4 is 15.5 Å². The second-order valence-electron chi connectivity index (χ2n) is 8.60. The molecule has 1 fully saturated rings. The number of rotatable bonds is 5. The molecule has 1 amide bonds. The van der Waals surface area contributed by atoms with Crippen LogP contribution in [0.2, 0.25) is 0 Å². The standard InChI is InChI=1S/C27H23FN6O3/c28-18-10-11-20(22(16-18)34-12-14-36-15-13-34)26-32-33-27(37-26)31-24-25(35)29-21-9-5-4-8-19(21)23(30-24)17-6-2-1-3-7-17/h1-11,16,24H,12-15H2,(H,29,35)(H,31,33). The van der Waals surface area contributed by atoms with Gasteiger partial charge in [0.15, 0.2) is 0 Å². The van der Waals surface area contributed by atoms with E-state index in [4.69, 9.17) is 14.1 Å². The van der Waals surface area contributed by atoms with Crippen LogP contribution in [-0.4, -0.2) is 54.3 Å². The summed E-state index contributed by atoms with van der Waals surface area (Å²) in [5, 5.41) is 14.1. The van der Waals surface area contributed by atoms with Crippen molar-refractivity contribution in [1.29, 1.82) is 0 Å². The molecule has 9 nitrogen and oxygen atoms in total. The Balaban J connectivity index is 1.32. The van der Waals surface area contributed by atoms with Crippen molar-refractivity contribution in [3.8, 4) is 11.5 Å². The molecule has 1 unspecified atom stereocenters. The number of halogens is 1. The number of aromatic nitrogens is 2. The molecule has 1 atom stereocenters. The molecule has 0 aliphatic carbocycles. The van der Waals surface area contributed by atoms with Gasteiger partial charge in [0.2, 0.25) is 6.17 Å². The fourth-order valence-electron chi connectivity index (χ4n) is 4.44. The molecule has 4 aromatic rings. The highest BCUT2D eigenvalue weighted by molar-refractivity contribution is 6.19. The topological polar surface area (TPSA) is 105 Å². The van der Waals surface area contributed by atoms with Gasteiger partial charge in [-0.15, -0.1) is 5.10 Å². The number of aliphatic imine (C=N–C) groups is 1. The van der Waals surface area contributed by atoms with E-state index < -0.39 is 6.17 Å². The number of benzodiazepines with no additional fused rings is 1. The van der Waals surface area contributed by atoms with E-state index in [1.165, 1.54) is 12.1 Å². The van der Waals surface area contributed by atoms with E-state index in [0.29, 0.717) is 49.0 Å². The van der Waals surface area contributed by atoms with Crippen molar-refractivity contribution in [1.82, 2.24) is 10.2 Å². The van der Waals surface area contributed by atoms with E-state index in [1.54, 1.807) is 6.07 Å². The summed E-state index contributed by atoms with van der Waals surface area (Å²) >= 11 is 0. The number of amides is 1. The van der Waals surface area contributed by atoms with Gasteiger partial charge in [-0.3, -0.25) is 4.79 Å². The van der Waals surface area contributed by atoms with Gasteiger partial charge in [-0.1, -0.05) is 53.6 Å². The van der Waals surface area contributed by atoms with Crippen molar-refractivity contribution in [3.63, 3.8) is 0 Å². The minimum atomic E-state index is -1.03. The molecule has 37 heavy (non-hydrogen) atoms. The van der Waals surface area contributed by atoms with E-state index >= 15 is 0 Å². The number of ether oxygens (including phenoxy) is 1. The molecule has 1 saturated heterocycles. The van der Waals surface area contributed by atoms with Crippen LogP contribution in [0, 0.1) is 5.82 Å². The number of morpholine rings is 1. The number of hydrogen-bond donors (Lipinski definition) is 2. The lowest BCUT2D eigenvalue weighted by Gasteiger charge is -2.30. The molecule has 6 rings (SSSR count). The maximum absolute atomic E-state index is 14.1. The predicted molar refractivity (Wildman–Crippen MR) is 137 cm³/mol. The van der Waals surface area contributed by atoms with Crippen molar-refractivity contribution in [3.05, 3.63) is 89.7 Å². The van der Waals surface area contributed by atoms with Crippen molar-refractivity contribution in [2.24, 2.45) is 4.99 Å². The number of nitrogens with one attached hydrogen (secondary N) is 2. The second-order valence-corrected chi connectivity index (χ2v) is 8.60. The van der Waals surface area contributed by atoms with Crippen LogP contribution in [0.1, 0.15) is 11.1 Å². The number of nitrogens with zero attached hydrogens (tertiary/aromatic N) is 4. The fourth-order valence-corrected chi connectivity index (χ4v) is 4.44. The molecule has 0 spiro atoms. The average Bonchev–Trinajstić information content (AvgIpc) is 3.35. The third-order valence-electron chi connectivity index (χ3n) is 6.22. The first-order chi connectivity index (χ1) is 18.2. The summed E-state index contributed by atoms with van der Waals surface area (Å²) in [7, 11) is 0. The second kappa shape index (κ2) is 9.82. The zero-order chi connectivity index (χ0) is 25.2. The largest absolute Gasteiger partial charge is 0.403 e. The number of para-hydroxylation sites is 1. The van der Waals surface area contributed by atoms with Gasteiger partial charge in [-0.05, 0) is 24.3 Å². The van der Waals surface area contributed by atoms with E-state index in [0.717, 1.165) is 11.1 Å².